The molecule has 0 aromatic carbocycles. The average Bonchev–Trinajstić information content (AvgIpc) is 2.25. The van der Waals surface area contributed by atoms with Gasteiger partial charge in [0.05, 0.1) is 6.10 Å². The number of carbonyl (C=O) groups excluding carboxylic acids is 1. The predicted molar refractivity (Wildman–Crippen MR) is 78.6 cm³/mol. The minimum atomic E-state index is 0. The van der Waals surface area contributed by atoms with Crippen LogP contribution in [0.3, 0.4) is 0 Å². The number of carbonyl (C=O) groups is 1. The normalized spacial score (nSPS) is 28.8. The summed E-state index contributed by atoms with van der Waals surface area (Å²) in [4.78, 5) is 12.0. The lowest BCUT2D eigenvalue weighted by Gasteiger charge is -2.61. The van der Waals surface area contributed by atoms with Gasteiger partial charge in [0, 0.05) is 30.5 Å². The number of nitrogens with one attached hydrogen (secondary N) is 2. The number of ether oxygens (including phenoxy) is 1. The Morgan fingerprint density at radius 2 is 2.16 bits per heavy atom. The van der Waals surface area contributed by atoms with Gasteiger partial charge >= 0.3 is 0 Å². The summed E-state index contributed by atoms with van der Waals surface area (Å²) in [7, 11) is 1.88. The molecule has 0 aliphatic heterocycles. The van der Waals surface area contributed by atoms with E-state index in [-0.39, 0.29) is 29.6 Å². The summed E-state index contributed by atoms with van der Waals surface area (Å²) in [6.45, 7) is 5.54. The van der Waals surface area contributed by atoms with Crippen LogP contribution in [-0.4, -0.2) is 38.3 Å². The van der Waals surface area contributed by atoms with Gasteiger partial charge in [0.25, 0.3) is 0 Å². The van der Waals surface area contributed by atoms with Crippen molar-refractivity contribution < 1.29 is 9.53 Å². The zero-order valence-corrected chi connectivity index (χ0v) is 13.0. The first-order chi connectivity index (χ1) is 8.64. The van der Waals surface area contributed by atoms with Crippen LogP contribution < -0.4 is 10.6 Å². The van der Waals surface area contributed by atoms with Gasteiger partial charge in [-0.25, -0.2) is 0 Å². The van der Waals surface area contributed by atoms with E-state index in [2.05, 4.69) is 10.6 Å². The molecule has 0 radical (unpaired) electrons. The highest BCUT2D eigenvalue weighted by Crippen LogP contribution is 2.57. The van der Waals surface area contributed by atoms with Crippen LogP contribution in [0.15, 0.2) is 0 Å². The summed E-state index contributed by atoms with van der Waals surface area (Å²) in [6, 6.07) is 0.342. The lowest BCUT2D eigenvalue weighted by atomic mass is 9.51. The number of amides is 1. The Hall–Kier alpha value is -0.320. The third kappa shape index (κ3) is 3.06. The Morgan fingerprint density at radius 1 is 1.47 bits per heavy atom. The minimum Gasteiger partial charge on any atom is -0.378 e. The van der Waals surface area contributed by atoms with Gasteiger partial charge in [0.1, 0.15) is 0 Å². The molecule has 2 N–H and O–H groups in total. The minimum absolute atomic E-state index is 0. The van der Waals surface area contributed by atoms with Crippen LogP contribution in [0.2, 0.25) is 0 Å². The fourth-order valence-electron chi connectivity index (χ4n) is 3.35. The van der Waals surface area contributed by atoms with E-state index in [1.54, 1.807) is 0 Å². The standard InChI is InChI=1S/C14H26N2O2.ClH/c1-4-18-12-8-11(14(12)6-5-7-14)16-13(17)10(2)9-15-3;/h10-12,15H,4-9H2,1-3H3,(H,16,17);1H. The smallest absolute Gasteiger partial charge is 0.224 e. The summed E-state index contributed by atoms with van der Waals surface area (Å²) in [5, 5.41) is 6.27. The van der Waals surface area contributed by atoms with Crippen molar-refractivity contribution in [1.82, 2.24) is 10.6 Å². The highest BCUT2D eigenvalue weighted by molar-refractivity contribution is 5.85. The molecule has 1 spiro atoms. The van der Waals surface area contributed by atoms with Gasteiger partial charge in [-0.1, -0.05) is 13.3 Å². The van der Waals surface area contributed by atoms with Gasteiger partial charge in [-0.05, 0) is 33.2 Å². The Kier molecular flexibility index (Phi) is 6.09. The SMILES string of the molecule is CCOC1CC(NC(=O)C(C)CNC)C12CCC2.Cl. The molecule has 0 aromatic rings. The van der Waals surface area contributed by atoms with E-state index in [1.165, 1.54) is 19.3 Å². The average molecular weight is 291 g/mol. The Bertz CT molecular complexity index is 308. The third-order valence-electron chi connectivity index (χ3n) is 4.71. The second kappa shape index (κ2) is 6.91. The summed E-state index contributed by atoms with van der Waals surface area (Å²) < 4.78 is 5.79. The second-order valence-corrected chi connectivity index (χ2v) is 5.79. The molecular formula is C14H27ClN2O2. The molecule has 0 heterocycles. The Labute approximate surface area is 122 Å². The zero-order chi connectivity index (χ0) is 13.2. The summed E-state index contributed by atoms with van der Waals surface area (Å²) in [5.41, 5.74) is 0.269. The molecule has 2 fully saturated rings. The van der Waals surface area contributed by atoms with Crippen LogP contribution in [0.5, 0.6) is 0 Å². The predicted octanol–water partition coefficient (Wildman–Crippen LogP) is 1.73. The van der Waals surface area contributed by atoms with E-state index in [9.17, 15) is 4.79 Å². The zero-order valence-electron chi connectivity index (χ0n) is 12.2. The molecule has 0 aromatic heterocycles. The van der Waals surface area contributed by atoms with E-state index in [0.717, 1.165) is 19.6 Å². The van der Waals surface area contributed by atoms with Crippen LogP contribution in [0.4, 0.5) is 0 Å². The molecule has 2 saturated carbocycles. The van der Waals surface area contributed by atoms with E-state index in [1.807, 2.05) is 20.9 Å². The van der Waals surface area contributed by atoms with Crippen molar-refractivity contribution in [1.29, 1.82) is 0 Å². The molecule has 5 heteroatoms. The number of hydrogen-bond acceptors (Lipinski definition) is 3. The second-order valence-electron chi connectivity index (χ2n) is 5.79. The van der Waals surface area contributed by atoms with E-state index >= 15 is 0 Å². The summed E-state index contributed by atoms with van der Waals surface area (Å²) in [6.07, 6.45) is 5.07. The molecule has 2 aliphatic rings. The van der Waals surface area contributed by atoms with Crippen molar-refractivity contribution in [2.75, 3.05) is 20.2 Å². The lowest BCUT2D eigenvalue weighted by molar-refractivity contribution is -0.176. The first-order valence-corrected chi connectivity index (χ1v) is 7.20. The van der Waals surface area contributed by atoms with E-state index in [0.29, 0.717) is 12.1 Å². The van der Waals surface area contributed by atoms with Gasteiger partial charge in [0.2, 0.25) is 5.91 Å². The van der Waals surface area contributed by atoms with Crippen molar-refractivity contribution in [2.45, 2.75) is 51.7 Å². The van der Waals surface area contributed by atoms with Crippen molar-refractivity contribution in [3.05, 3.63) is 0 Å². The van der Waals surface area contributed by atoms with Crippen molar-refractivity contribution in [3.63, 3.8) is 0 Å². The number of rotatable bonds is 6. The highest BCUT2D eigenvalue weighted by atomic mass is 35.5. The molecule has 19 heavy (non-hydrogen) atoms. The van der Waals surface area contributed by atoms with Gasteiger partial charge in [0.15, 0.2) is 0 Å². The fraction of sp³-hybridized carbons (Fsp3) is 0.929. The number of hydrogen-bond donors (Lipinski definition) is 2. The molecule has 3 atom stereocenters. The third-order valence-corrected chi connectivity index (χ3v) is 4.71. The van der Waals surface area contributed by atoms with Crippen molar-refractivity contribution in [3.8, 4) is 0 Å². The van der Waals surface area contributed by atoms with Crippen LogP contribution >= 0.6 is 12.4 Å². The Balaban J connectivity index is 0.00000180. The highest BCUT2D eigenvalue weighted by Gasteiger charge is 2.59. The molecule has 0 saturated heterocycles. The van der Waals surface area contributed by atoms with E-state index in [4.69, 9.17) is 4.74 Å². The largest absolute Gasteiger partial charge is 0.378 e. The van der Waals surface area contributed by atoms with Gasteiger partial charge in [-0.2, -0.15) is 0 Å². The summed E-state index contributed by atoms with van der Waals surface area (Å²) in [5.74, 6) is 0.217. The molecule has 1 amide bonds. The molecule has 0 bridgehead atoms. The monoisotopic (exact) mass is 290 g/mol. The van der Waals surface area contributed by atoms with E-state index < -0.39 is 0 Å². The lowest BCUT2D eigenvalue weighted by Crippen LogP contribution is -2.68. The molecule has 4 nitrogen and oxygen atoms in total. The van der Waals surface area contributed by atoms with Crippen LogP contribution in [0.1, 0.15) is 39.5 Å². The molecule has 2 rings (SSSR count). The first kappa shape index (κ1) is 16.7. The van der Waals surface area contributed by atoms with Crippen molar-refractivity contribution >= 4 is 18.3 Å². The van der Waals surface area contributed by atoms with Gasteiger partial charge in [-0.3, -0.25) is 4.79 Å². The van der Waals surface area contributed by atoms with Gasteiger partial charge < -0.3 is 15.4 Å². The topological polar surface area (TPSA) is 50.4 Å². The summed E-state index contributed by atoms with van der Waals surface area (Å²) >= 11 is 0. The maximum Gasteiger partial charge on any atom is 0.224 e. The Morgan fingerprint density at radius 3 is 2.63 bits per heavy atom. The maximum absolute atomic E-state index is 12.0. The van der Waals surface area contributed by atoms with Crippen LogP contribution in [-0.2, 0) is 9.53 Å². The fourth-order valence-corrected chi connectivity index (χ4v) is 3.35. The molecule has 3 unspecified atom stereocenters. The number of halogens is 1. The van der Waals surface area contributed by atoms with Gasteiger partial charge in [-0.15, -0.1) is 12.4 Å². The maximum atomic E-state index is 12.0. The molecular weight excluding hydrogens is 264 g/mol. The van der Waals surface area contributed by atoms with Crippen LogP contribution in [0.25, 0.3) is 0 Å². The molecule has 112 valence electrons. The first-order valence-electron chi connectivity index (χ1n) is 7.20. The quantitative estimate of drug-likeness (QED) is 0.783. The van der Waals surface area contributed by atoms with Crippen molar-refractivity contribution in [2.24, 2.45) is 11.3 Å². The van der Waals surface area contributed by atoms with Crippen LogP contribution in [0, 0.1) is 11.3 Å². The molecule has 2 aliphatic carbocycles.